The average molecular weight is 473 g/mol. The van der Waals surface area contributed by atoms with Gasteiger partial charge in [-0.2, -0.15) is 0 Å². The number of hydrogen-bond donors (Lipinski definition) is 0. The molecule has 0 spiro atoms. The van der Waals surface area contributed by atoms with Crippen molar-refractivity contribution in [1.82, 2.24) is 4.98 Å². The van der Waals surface area contributed by atoms with E-state index in [0.29, 0.717) is 32.8 Å². The van der Waals surface area contributed by atoms with Crippen molar-refractivity contribution < 1.29 is 28.2 Å². The summed E-state index contributed by atoms with van der Waals surface area (Å²) in [5, 5.41) is 0.323. The summed E-state index contributed by atoms with van der Waals surface area (Å²) in [6.07, 6.45) is 0. The molecule has 0 aliphatic carbocycles. The van der Waals surface area contributed by atoms with Crippen molar-refractivity contribution in [3.63, 3.8) is 0 Å². The number of amides is 1. The van der Waals surface area contributed by atoms with Gasteiger partial charge in [0.1, 0.15) is 10.7 Å². The fourth-order valence-corrected chi connectivity index (χ4v) is 4.01. The van der Waals surface area contributed by atoms with Crippen LogP contribution in [0.25, 0.3) is 0 Å². The van der Waals surface area contributed by atoms with E-state index >= 15 is 0 Å². The third kappa shape index (κ3) is 6.07. The van der Waals surface area contributed by atoms with E-state index in [1.54, 1.807) is 32.0 Å². The molecule has 0 unspecified atom stereocenters. The van der Waals surface area contributed by atoms with Crippen molar-refractivity contribution in [3.05, 3.63) is 70.0 Å². The Hall–Kier alpha value is -3.46. The van der Waals surface area contributed by atoms with Gasteiger partial charge in [0.05, 0.1) is 26.0 Å². The molecule has 1 heterocycles. The number of methoxy groups -OCH3 is 1. The lowest BCUT2D eigenvalue weighted by Gasteiger charge is -2.21. The number of hydrogen-bond acceptors (Lipinski definition) is 7. The van der Waals surface area contributed by atoms with Gasteiger partial charge in [-0.25, -0.2) is 14.2 Å². The highest BCUT2D eigenvalue weighted by molar-refractivity contribution is 7.17. The monoisotopic (exact) mass is 472 g/mol. The second kappa shape index (κ2) is 10.9. The Morgan fingerprint density at radius 3 is 2.48 bits per heavy atom. The quantitative estimate of drug-likeness (QED) is 0.420. The van der Waals surface area contributed by atoms with Crippen molar-refractivity contribution in [2.45, 2.75) is 27.3 Å². The van der Waals surface area contributed by atoms with Crippen LogP contribution < -0.4 is 14.4 Å². The van der Waals surface area contributed by atoms with Crippen LogP contribution in [0.15, 0.2) is 42.5 Å². The summed E-state index contributed by atoms with van der Waals surface area (Å²) in [5.74, 6) is -0.302. The van der Waals surface area contributed by atoms with Crippen LogP contribution in [0.4, 0.5) is 9.52 Å². The highest BCUT2D eigenvalue weighted by atomic mass is 32.1. The third-order valence-corrected chi connectivity index (χ3v) is 5.86. The van der Waals surface area contributed by atoms with Gasteiger partial charge in [-0.15, -0.1) is 0 Å². The van der Waals surface area contributed by atoms with E-state index in [9.17, 15) is 14.0 Å². The Kier molecular flexibility index (Phi) is 8.00. The maximum Gasteiger partial charge on any atom is 0.350 e. The number of anilines is 1. The van der Waals surface area contributed by atoms with Gasteiger partial charge < -0.3 is 14.2 Å². The molecule has 0 fully saturated rings. The average Bonchev–Trinajstić information content (AvgIpc) is 3.19. The van der Waals surface area contributed by atoms with Crippen LogP contribution in [0.5, 0.6) is 11.5 Å². The molecule has 174 valence electrons. The van der Waals surface area contributed by atoms with Crippen LogP contribution in [-0.2, 0) is 16.1 Å². The van der Waals surface area contributed by atoms with E-state index in [0.717, 1.165) is 16.9 Å². The molecule has 3 rings (SSSR count). The fourth-order valence-electron chi connectivity index (χ4n) is 3.03. The first-order valence-corrected chi connectivity index (χ1v) is 11.1. The topological polar surface area (TPSA) is 78.0 Å². The zero-order valence-electron chi connectivity index (χ0n) is 18.9. The number of nitrogens with zero attached hydrogens (tertiary/aromatic N) is 2. The Morgan fingerprint density at radius 2 is 1.82 bits per heavy atom. The summed E-state index contributed by atoms with van der Waals surface area (Å²) in [6.45, 7) is 5.40. The molecule has 0 aliphatic heterocycles. The molecule has 3 aromatic rings. The number of carbonyl (C=O) groups excluding carboxylic acids is 2. The summed E-state index contributed by atoms with van der Waals surface area (Å²) >= 11 is 1.06. The number of halogens is 1. The van der Waals surface area contributed by atoms with Gasteiger partial charge in [-0.05, 0) is 56.2 Å². The summed E-state index contributed by atoms with van der Waals surface area (Å²) < 4.78 is 29.5. The largest absolute Gasteiger partial charge is 0.493 e. The second-order valence-corrected chi connectivity index (χ2v) is 8.16. The Labute approximate surface area is 195 Å². The van der Waals surface area contributed by atoms with Gasteiger partial charge in [0.2, 0.25) is 0 Å². The minimum atomic E-state index is -0.492. The lowest BCUT2D eigenvalue weighted by atomic mass is 10.2. The van der Waals surface area contributed by atoms with E-state index < -0.39 is 5.97 Å². The molecular weight excluding hydrogens is 447 g/mol. The highest BCUT2D eigenvalue weighted by Gasteiger charge is 2.25. The molecule has 7 nitrogen and oxygen atoms in total. The zero-order chi connectivity index (χ0) is 24.0. The molecule has 0 bridgehead atoms. The predicted octanol–water partition coefficient (Wildman–Crippen LogP) is 4.70. The van der Waals surface area contributed by atoms with Crippen LogP contribution in [0.3, 0.4) is 0 Å². The lowest BCUT2D eigenvalue weighted by Crippen LogP contribution is -2.34. The minimum absolute atomic E-state index is 0.128. The minimum Gasteiger partial charge on any atom is -0.493 e. The van der Waals surface area contributed by atoms with Gasteiger partial charge in [0.15, 0.2) is 23.2 Å². The Morgan fingerprint density at radius 1 is 1.09 bits per heavy atom. The van der Waals surface area contributed by atoms with Crippen molar-refractivity contribution >= 4 is 28.3 Å². The van der Waals surface area contributed by atoms with Crippen LogP contribution in [-0.4, -0.2) is 37.2 Å². The number of aryl methyl sites for hydroxylation is 2. The van der Waals surface area contributed by atoms with E-state index in [1.807, 2.05) is 19.1 Å². The van der Waals surface area contributed by atoms with Crippen LogP contribution in [0.1, 0.15) is 33.4 Å². The smallest absolute Gasteiger partial charge is 0.350 e. The van der Waals surface area contributed by atoms with Crippen LogP contribution >= 0.6 is 11.3 Å². The van der Waals surface area contributed by atoms with E-state index in [2.05, 4.69) is 4.98 Å². The summed E-state index contributed by atoms with van der Waals surface area (Å²) in [7, 11) is 1.53. The van der Waals surface area contributed by atoms with Gasteiger partial charge in [-0.1, -0.05) is 29.5 Å². The molecule has 9 heteroatoms. The first kappa shape index (κ1) is 24.2. The molecule has 0 saturated carbocycles. The number of aromatic nitrogens is 1. The summed E-state index contributed by atoms with van der Waals surface area (Å²) in [6, 6.07) is 11.2. The fraction of sp³-hybridized carbons (Fsp3) is 0.292. The van der Waals surface area contributed by atoms with Crippen LogP contribution in [0.2, 0.25) is 0 Å². The van der Waals surface area contributed by atoms with Gasteiger partial charge in [-0.3, -0.25) is 9.69 Å². The van der Waals surface area contributed by atoms with Gasteiger partial charge in [0.25, 0.3) is 5.91 Å². The van der Waals surface area contributed by atoms with Gasteiger partial charge >= 0.3 is 5.97 Å². The summed E-state index contributed by atoms with van der Waals surface area (Å²) in [4.78, 5) is 31.6. The van der Waals surface area contributed by atoms with E-state index in [1.165, 1.54) is 24.1 Å². The predicted molar refractivity (Wildman–Crippen MR) is 124 cm³/mol. The Bertz CT molecular complexity index is 1130. The number of carbonyl (C=O) groups is 2. The van der Waals surface area contributed by atoms with Gasteiger partial charge in [0, 0.05) is 0 Å². The molecule has 1 aromatic heterocycles. The maximum atomic E-state index is 13.4. The van der Waals surface area contributed by atoms with Crippen molar-refractivity contribution in [3.8, 4) is 11.5 Å². The second-order valence-electron chi connectivity index (χ2n) is 7.18. The molecule has 0 atom stereocenters. The summed E-state index contributed by atoms with van der Waals surface area (Å²) in [5.41, 5.74) is 2.16. The number of ether oxygens (including phenoxy) is 3. The van der Waals surface area contributed by atoms with Crippen molar-refractivity contribution in [2.24, 2.45) is 0 Å². The molecule has 0 radical (unpaired) electrons. The first-order chi connectivity index (χ1) is 15.8. The molecule has 33 heavy (non-hydrogen) atoms. The van der Waals surface area contributed by atoms with Crippen molar-refractivity contribution in [2.75, 3.05) is 25.2 Å². The first-order valence-electron chi connectivity index (χ1n) is 10.3. The number of esters is 1. The zero-order valence-corrected chi connectivity index (χ0v) is 19.7. The van der Waals surface area contributed by atoms with E-state index in [-0.39, 0.29) is 31.5 Å². The molecule has 0 aliphatic rings. The molecule has 1 amide bonds. The highest BCUT2D eigenvalue weighted by Crippen LogP contribution is 2.30. The van der Waals surface area contributed by atoms with Crippen molar-refractivity contribution in [1.29, 1.82) is 0 Å². The molecule has 0 N–H and O–H groups in total. The third-order valence-electron chi connectivity index (χ3n) is 4.70. The SMILES string of the molecule is CCOC(=O)c1sc(N(Cc2ccc(F)cc2)C(=O)COc2ccc(C)cc2OC)nc1C. The number of thiazole rings is 1. The van der Waals surface area contributed by atoms with Crippen LogP contribution in [0, 0.1) is 19.7 Å². The Balaban J connectivity index is 1.87. The maximum absolute atomic E-state index is 13.4. The standard InChI is InChI=1S/C24H25FN2O5S/c1-5-31-23(29)22-16(3)26-24(33-22)27(13-17-7-9-18(25)10-8-17)21(28)14-32-19-11-6-15(2)12-20(19)30-4/h6-12H,5,13-14H2,1-4H3. The number of benzene rings is 2. The molecule has 0 saturated heterocycles. The molecular formula is C24H25FN2O5S. The lowest BCUT2D eigenvalue weighted by molar-refractivity contribution is -0.120. The normalized spacial score (nSPS) is 10.6. The molecule has 2 aromatic carbocycles. The van der Waals surface area contributed by atoms with E-state index in [4.69, 9.17) is 14.2 Å². The number of rotatable bonds is 9.